The Labute approximate surface area is 153 Å². The quantitative estimate of drug-likeness (QED) is 0.810. The molecule has 5 heteroatoms. The second kappa shape index (κ2) is 7.68. The van der Waals surface area contributed by atoms with Gasteiger partial charge < -0.3 is 19.8 Å². The van der Waals surface area contributed by atoms with Gasteiger partial charge in [0.1, 0.15) is 17.6 Å². The average Bonchev–Trinajstić information content (AvgIpc) is 2.63. The van der Waals surface area contributed by atoms with Gasteiger partial charge in [-0.25, -0.2) is 4.79 Å². The highest BCUT2D eigenvalue weighted by atomic mass is 16.5. The normalized spacial score (nSPS) is 19.8. The second-order valence-electron chi connectivity index (χ2n) is 7.06. The van der Waals surface area contributed by atoms with Gasteiger partial charge >= 0.3 is 5.97 Å². The maximum atomic E-state index is 12.3. The monoisotopic (exact) mass is 355 g/mol. The average molecular weight is 355 g/mol. The fourth-order valence-corrected chi connectivity index (χ4v) is 3.48. The third kappa shape index (κ3) is 4.10. The summed E-state index contributed by atoms with van der Waals surface area (Å²) < 4.78 is 5.66. The Morgan fingerprint density at radius 2 is 1.65 bits per heavy atom. The SMILES string of the molecule is CN(C)c1ccc(C(=O)OC2CCC(c3ccc(O)cc3O)CC2)cc1. The van der Waals surface area contributed by atoms with Crippen molar-refractivity contribution in [2.24, 2.45) is 0 Å². The summed E-state index contributed by atoms with van der Waals surface area (Å²) in [5.74, 6) is 0.136. The Balaban J connectivity index is 1.55. The molecule has 2 aromatic carbocycles. The van der Waals surface area contributed by atoms with E-state index in [0.717, 1.165) is 36.9 Å². The highest BCUT2D eigenvalue weighted by molar-refractivity contribution is 5.90. The Kier molecular flexibility index (Phi) is 5.35. The van der Waals surface area contributed by atoms with E-state index in [1.54, 1.807) is 24.3 Å². The number of benzene rings is 2. The maximum absolute atomic E-state index is 12.3. The molecule has 0 saturated heterocycles. The zero-order valence-electron chi connectivity index (χ0n) is 15.2. The first-order chi connectivity index (χ1) is 12.4. The summed E-state index contributed by atoms with van der Waals surface area (Å²) in [6, 6.07) is 12.1. The number of hydrogen-bond acceptors (Lipinski definition) is 5. The molecule has 0 spiro atoms. The van der Waals surface area contributed by atoms with Crippen LogP contribution in [-0.4, -0.2) is 36.4 Å². The summed E-state index contributed by atoms with van der Waals surface area (Å²) in [5, 5.41) is 19.4. The van der Waals surface area contributed by atoms with Gasteiger partial charge in [-0.2, -0.15) is 0 Å². The van der Waals surface area contributed by atoms with Crippen molar-refractivity contribution >= 4 is 11.7 Å². The van der Waals surface area contributed by atoms with E-state index in [2.05, 4.69) is 0 Å². The van der Waals surface area contributed by atoms with Crippen LogP contribution >= 0.6 is 0 Å². The van der Waals surface area contributed by atoms with E-state index >= 15 is 0 Å². The van der Waals surface area contributed by atoms with E-state index in [0.29, 0.717) is 5.56 Å². The van der Waals surface area contributed by atoms with Gasteiger partial charge in [-0.15, -0.1) is 0 Å². The van der Waals surface area contributed by atoms with Crippen LogP contribution in [0.25, 0.3) is 0 Å². The number of hydrogen-bond donors (Lipinski definition) is 2. The number of carbonyl (C=O) groups is 1. The van der Waals surface area contributed by atoms with E-state index in [9.17, 15) is 15.0 Å². The van der Waals surface area contributed by atoms with Crippen LogP contribution in [0.1, 0.15) is 47.5 Å². The number of phenols is 2. The third-order valence-electron chi connectivity index (χ3n) is 5.02. The van der Waals surface area contributed by atoms with Gasteiger partial charge in [0.25, 0.3) is 0 Å². The molecule has 0 amide bonds. The molecule has 0 unspecified atom stereocenters. The molecule has 1 saturated carbocycles. The van der Waals surface area contributed by atoms with Crippen LogP contribution in [0, 0.1) is 0 Å². The number of rotatable bonds is 4. The molecule has 0 atom stereocenters. The van der Waals surface area contributed by atoms with Crippen LogP contribution < -0.4 is 4.90 Å². The predicted molar refractivity (Wildman–Crippen MR) is 101 cm³/mol. The minimum atomic E-state index is -0.286. The van der Waals surface area contributed by atoms with E-state index in [1.807, 2.05) is 31.1 Å². The van der Waals surface area contributed by atoms with Gasteiger partial charge in [0, 0.05) is 25.8 Å². The summed E-state index contributed by atoms with van der Waals surface area (Å²) in [4.78, 5) is 14.3. The summed E-state index contributed by atoms with van der Waals surface area (Å²) in [7, 11) is 3.91. The molecule has 1 aliphatic carbocycles. The number of aromatic hydroxyl groups is 2. The van der Waals surface area contributed by atoms with Crippen molar-refractivity contribution in [3.8, 4) is 11.5 Å². The molecule has 1 aliphatic rings. The van der Waals surface area contributed by atoms with E-state index in [1.165, 1.54) is 6.07 Å². The molecular formula is C21H25NO4. The van der Waals surface area contributed by atoms with Crippen LogP contribution in [-0.2, 0) is 4.74 Å². The van der Waals surface area contributed by atoms with Crippen LogP contribution in [0.2, 0.25) is 0 Å². The maximum Gasteiger partial charge on any atom is 0.338 e. The molecular weight excluding hydrogens is 330 g/mol. The number of anilines is 1. The van der Waals surface area contributed by atoms with Crippen LogP contribution in [0.15, 0.2) is 42.5 Å². The van der Waals surface area contributed by atoms with Gasteiger partial charge in [0.05, 0.1) is 5.56 Å². The first-order valence-electron chi connectivity index (χ1n) is 8.94. The van der Waals surface area contributed by atoms with Crippen molar-refractivity contribution in [3.63, 3.8) is 0 Å². The van der Waals surface area contributed by atoms with Gasteiger partial charge in [0.15, 0.2) is 0 Å². The number of nitrogens with zero attached hydrogens (tertiary/aromatic N) is 1. The molecule has 0 aliphatic heterocycles. The van der Waals surface area contributed by atoms with Gasteiger partial charge in [0.2, 0.25) is 0 Å². The molecule has 1 fully saturated rings. The highest BCUT2D eigenvalue weighted by Crippen LogP contribution is 2.39. The minimum absolute atomic E-state index is 0.0640. The lowest BCUT2D eigenvalue weighted by molar-refractivity contribution is 0.0194. The number of carbonyl (C=O) groups excluding carboxylic acids is 1. The van der Waals surface area contributed by atoms with Gasteiger partial charge in [-0.3, -0.25) is 0 Å². The first kappa shape index (κ1) is 18.1. The fraction of sp³-hybridized carbons (Fsp3) is 0.381. The summed E-state index contributed by atoms with van der Waals surface area (Å²) in [5.41, 5.74) is 2.46. The zero-order valence-corrected chi connectivity index (χ0v) is 15.2. The molecule has 2 aromatic rings. The smallest absolute Gasteiger partial charge is 0.338 e. The predicted octanol–water partition coefficient (Wildman–Crippen LogP) is 4.05. The molecule has 0 aromatic heterocycles. The van der Waals surface area contributed by atoms with Gasteiger partial charge in [-0.05, 0) is 67.5 Å². The fourth-order valence-electron chi connectivity index (χ4n) is 3.48. The third-order valence-corrected chi connectivity index (χ3v) is 5.02. The molecule has 0 heterocycles. The zero-order chi connectivity index (χ0) is 18.7. The Bertz CT molecular complexity index is 762. The standard InChI is InChI=1S/C21H25NO4/c1-22(2)16-7-3-15(4-8-16)21(25)26-18-10-5-14(6-11-18)19-12-9-17(23)13-20(19)24/h3-4,7-9,12-14,18,23-24H,5-6,10-11H2,1-2H3. The van der Waals surface area contributed by atoms with Crippen molar-refractivity contribution in [1.82, 2.24) is 0 Å². The number of phenolic OH excluding ortho intramolecular Hbond substituents is 2. The molecule has 0 radical (unpaired) electrons. The van der Waals surface area contributed by atoms with Crippen LogP contribution in [0.3, 0.4) is 0 Å². The Morgan fingerprint density at radius 1 is 1.00 bits per heavy atom. The molecule has 26 heavy (non-hydrogen) atoms. The summed E-state index contributed by atoms with van der Waals surface area (Å²) in [6.45, 7) is 0. The van der Waals surface area contributed by atoms with E-state index < -0.39 is 0 Å². The first-order valence-corrected chi connectivity index (χ1v) is 8.94. The lowest BCUT2D eigenvalue weighted by Crippen LogP contribution is -2.24. The van der Waals surface area contributed by atoms with E-state index in [4.69, 9.17) is 4.74 Å². The summed E-state index contributed by atoms with van der Waals surface area (Å²) >= 11 is 0. The number of ether oxygens (including phenoxy) is 1. The molecule has 0 bridgehead atoms. The van der Waals surface area contributed by atoms with Crippen molar-refractivity contribution in [2.45, 2.75) is 37.7 Å². The van der Waals surface area contributed by atoms with Crippen molar-refractivity contribution in [1.29, 1.82) is 0 Å². The molecule has 5 nitrogen and oxygen atoms in total. The lowest BCUT2D eigenvalue weighted by atomic mass is 9.82. The second-order valence-corrected chi connectivity index (χ2v) is 7.06. The van der Waals surface area contributed by atoms with Crippen molar-refractivity contribution in [2.75, 3.05) is 19.0 Å². The Hall–Kier alpha value is -2.69. The largest absolute Gasteiger partial charge is 0.508 e. The van der Waals surface area contributed by atoms with Crippen LogP contribution in [0.4, 0.5) is 5.69 Å². The molecule has 138 valence electrons. The summed E-state index contributed by atoms with van der Waals surface area (Å²) in [6.07, 6.45) is 3.14. The van der Waals surface area contributed by atoms with Crippen molar-refractivity contribution < 1.29 is 19.7 Å². The van der Waals surface area contributed by atoms with Crippen LogP contribution in [0.5, 0.6) is 11.5 Å². The number of esters is 1. The topological polar surface area (TPSA) is 70.0 Å². The Morgan fingerprint density at radius 3 is 2.23 bits per heavy atom. The highest BCUT2D eigenvalue weighted by Gasteiger charge is 2.26. The molecule has 2 N–H and O–H groups in total. The van der Waals surface area contributed by atoms with E-state index in [-0.39, 0.29) is 29.5 Å². The van der Waals surface area contributed by atoms with Crippen molar-refractivity contribution in [3.05, 3.63) is 53.6 Å². The lowest BCUT2D eigenvalue weighted by Gasteiger charge is -2.29. The minimum Gasteiger partial charge on any atom is -0.508 e. The molecule has 3 rings (SSSR count). The van der Waals surface area contributed by atoms with Gasteiger partial charge in [-0.1, -0.05) is 6.07 Å².